The summed E-state index contributed by atoms with van der Waals surface area (Å²) in [5, 5.41) is 4.53. The normalized spacial score (nSPS) is 23.8. The largest absolute Gasteiger partial charge is 0.312 e. The van der Waals surface area contributed by atoms with Gasteiger partial charge >= 0.3 is 0 Å². The highest BCUT2D eigenvalue weighted by molar-refractivity contribution is 6.30. The van der Waals surface area contributed by atoms with Crippen molar-refractivity contribution < 1.29 is 0 Å². The van der Waals surface area contributed by atoms with Gasteiger partial charge in [-0.05, 0) is 76.1 Å². The monoisotopic (exact) mass is 293 g/mol. The van der Waals surface area contributed by atoms with E-state index in [1.54, 1.807) is 0 Å². The zero-order valence-electron chi connectivity index (χ0n) is 13.1. The Hall–Kier alpha value is -0.530. The molecule has 1 saturated carbocycles. The second-order valence-electron chi connectivity index (χ2n) is 7.27. The molecule has 0 radical (unpaired) electrons. The zero-order valence-corrected chi connectivity index (χ0v) is 13.8. The van der Waals surface area contributed by atoms with E-state index in [-0.39, 0.29) is 5.54 Å². The quantitative estimate of drug-likeness (QED) is 0.816. The van der Waals surface area contributed by atoms with Gasteiger partial charge < -0.3 is 5.32 Å². The third-order valence-corrected chi connectivity index (χ3v) is 4.62. The molecule has 0 spiro atoms. The molecular weight excluding hydrogens is 266 g/mol. The van der Waals surface area contributed by atoms with Crippen molar-refractivity contribution >= 4 is 11.6 Å². The molecule has 0 heterocycles. The van der Waals surface area contributed by atoms with Crippen molar-refractivity contribution in [3.63, 3.8) is 0 Å². The molecule has 0 saturated heterocycles. The topological polar surface area (TPSA) is 12.0 Å². The number of hydrogen-bond donors (Lipinski definition) is 1. The smallest absolute Gasteiger partial charge is 0.0406 e. The molecule has 1 fully saturated rings. The fourth-order valence-corrected chi connectivity index (χ4v) is 3.31. The minimum atomic E-state index is 0.224. The zero-order chi connectivity index (χ0) is 14.6. The second-order valence-corrected chi connectivity index (χ2v) is 7.70. The van der Waals surface area contributed by atoms with Crippen LogP contribution in [0.5, 0.6) is 0 Å². The van der Waals surface area contributed by atoms with Gasteiger partial charge in [0.1, 0.15) is 0 Å². The van der Waals surface area contributed by atoms with Crippen LogP contribution in [-0.4, -0.2) is 12.1 Å². The fraction of sp³-hybridized carbons (Fsp3) is 0.667. The van der Waals surface area contributed by atoms with Gasteiger partial charge in [0.15, 0.2) is 0 Å². The maximum atomic E-state index is 5.97. The third-order valence-electron chi connectivity index (χ3n) is 4.37. The van der Waals surface area contributed by atoms with Gasteiger partial charge in [-0.3, -0.25) is 0 Å². The Morgan fingerprint density at radius 2 is 1.65 bits per heavy atom. The van der Waals surface area contributed by atoms with Gasteiger partial charge in [-0.25, -0.2) is 0 Å². The molecule has 1 aliphatic rings. The van der Waals surface area contributed by atoms with E-state index in [1.807, 2.05) is 12.1 Å². The van der Waals surface area contributed by atoms with Crippen molar-refractivity contribution in [1.82, 2.24) is 5.32 Å². The molecule has 0 aliphatic heterocycles. The Morgan fingerprint density at radius 1 is 1.05 bits per heavy atom. The number of nitrogens with one attached hydrogen (secondary N) is 1. The van der Waals surface area contributed by atoms with E-state index in [0.717, 1.165) is 23.4 Å². The van der Waals surface area contributed by atoms with Crippen LogP contribution < -0.4 is 5.32 Å². The molecule has 0 aromatic heterocycles. The first-order valence-electron chi connectivity index (χ1n) is 7.93. The molecule has 2 atom stereocenters. The summed E-state index contributed by atoms with van der Waals surface area (Å²) in [6.07, 6.45) is 6.74. The maximum Gasteiger partial charge on any atom is 0.0406 e. The number of benzene rings is 1. The van der Waals surface area contributed by atoms with Crippen LogP contribution in [-0.2, 0) is 6.42 Å². The fourth-order valence-electron chi connectivity index (χ4n) is 3.18. The highest BCUT2D eigenvalue weighted by Gasteiger charge is 2.26. The summed E-state index contributed by atoms with van der Waals surface area (Å²) >= 11 is 5.97. The molecular formula is C18H28ClN. The lowest BCUT2D eigenvalue weighted by Crippen LogP contribution is -2.41. The molecule has 2 unspecified atom stereocenters. The molecule has 1 N–H and O–H groups in total. The van der Waals surface area contributed by atoms with Crippen LogP contribution >= 0.6 is 11.6 Å². The van der Waals surface area contributed by atoms with Gasteiger partial charge in [0.25, 0.3) is 0 Å². The van der Waals surface area contributed by atoms with Crippen molar-refractivity contribution in [2.45, 2.75) is 58.4 Å². The number of hydrogen-bond acceptors (Lipinski definition) is 1. The van der Waals surface area contributed by atoms with Crippen molar-refractivity contribution in [2.75, 3.05) is 6.54 Å². The van der Waals surface area contributed by atoms with Crippen molar-refractivity contribution in [1.29, 1.82) is 0 Å². The highest BCUT2D eigenvalue weighted by atomic mass is 35.5. The van der Waals surface area contributed by atoms with E-state index in [9.17, 15) is 0 Å². The Labute approximate surface area is 129 Å². The maximum absolute atomic E-state index is 5.97. The predicted octanol–water partition coefficient (Wildman–Crippen LogP) is 5.08. The molecule has 1 aromatic carbocycles. The molecule has 2 rings (SSSR count). The molecule has 1 aromatic rings. The Kier molecular flexibility index (Phi) is 5.51. The van der Waals surface area contributed by atoms with Gasteiger partial charge in [-0.15, -0.1) is 0 Å². The average molecular weight is 294 g/mol. The Bertz CT molecular complexity index is 404. The Balaban J connectivity index is 1.94. The van der Waals surface area contributed by atoms with E-state index in [2.05, 4.69) is 38.2 Å². The summed E-state index contributed by atoms with van der Waals surface area (Å²) in [5.74, 6) is 1.64. The lowest BCUT2D eigenvalue weighted by atomic mass is 9.76. The molecule has 0 amide bonds. The van der Waals surface area contributed by atoms with Crippen molar-refractivity contribution in [3.05, 3.63) is 34.9 Å². The molecule has 112 valence electrons. The number of rotatable bonds is 4. The van der Waals surface area contributed by atoms with Crippen LogP contribution in [0.15, 0.2) is 24.3 Å². The lowest BCUT2D eigenvalue weighted by molar-refractivity contribution is 0.213. The SMILES string of the molecule is CC(C)(C)NCC1CCCCC1Cc1ccc(Cl)cc1. The minimum absolute atomic E-state index is 0.224. The van der Waals surface area contributed by atoms with E-state index in [4.69, 9.17) is 11.6 Å². The molecule has 1 aliphatic carbocycles. The van der Waals surface area contributed by atoms with Gasteiger partial charge in [0.05, 0.1) is 0 Å². The molecule has 1 nitrogen and oxygen atoms in total. The van der Waals surface area contributed by atoms with Gasteiger partial charge in [0, 0.05) is 10.6 Å². The van der Waals surface area contributed by atoms with E-state index in [1.165, 1.54) is 37.7 Å². The summed E-state index contributed by atoms with van der Waals surface area (Å²) in [6.45, 7) is 7.92. The second kappa shape index (κ2) is 6.95. The lowest BCUT2D eigenvalue weighted by Gasteiger charge is -2.34. The first-order chi connectivity index (χ1) is 9.44. The van der Waals surface area contributed by atoms with Gasteiger partial charge in [0.2, 0.25) is 0 Å². The van der Waals surface area contributed by atoms with Gasteiger partial charge in [-0.2, -0.15) is 0 Å². The Morgan fingerprint density at radius 3 is 2.25 bits per heavy atom. The molecule has 2 heteroatoms. The van der Waals surface area contributed by atoms with Crippen molar-refractivity contribution in [2.24, 2.45) is 11.8 Å². The summed E-state index contributed by atoms with van der Waals surface area (Å²) in [5.41, 5.74) is 1.66. The summed E-state index contributed by atoms with van der Waals surface area (Å²) in [6, 6.07) is 8.40. The summed E-state index contributed by atoms with van der Waals surface area (Å²) < 4.78 is 0. The molecule has 20 heavy (non-hydrogen) atoms. The van der Waals surface area contributed by atoms with Crippen LogP contribution in [0.1, 0.15) is 52.0 Å². The van der Waals surface area contributed by atoms with Crippen LogP contribution in [0.2, 0.25) is 5.02 Å². The molecule has 0 bridgehead atoms. The van der Waals surface area contributed by atoms with Crippen LogP contribution in [0.3, 0.4) is 0 Å². The summed E-state index contributed by atoms with van der Waals surface area (Å²) in [7, 11) is 0. The predicted molar refractivity (Wildman–Crippen MR) is 88.4 cm³/mol. The van der Waals surface area contributed by atoms with Crippen LogP contribution in [0.4, 0.5) is 0 Å². The van der Waals surface area contributed by atoms with E-state index >= 15 is 0 Å². The van der Waals surface area contributed by atoms with Gasteiger partial charge in [-0.1, -0.05) is 36.6 Å². The first kappa shape index (κ1) is 15.9. The van der Waals surface area contributed by atoms with Crippen molar-refractivity contribution in [3.8, 4) is 0 Å². The van der Waals surface area contributed by atoms with Crippen LogP contribution in [0, 0.1) is 11.8 Å². The average Bonchev–Trinajstić information content (AvgIpc) is 2.39. The minimum Gasteiger partial charge on any atom is -0.312 e. The van der Waals surface area contributed by atoms with E-state index in [0.29, 0.717) is 0 Å². The standard InChI is InChI=1S/C18H28ClN/c1-18(2,3)20-13-16-7-5-4-6-15(16)12-14-8-10-17(19)11-9-14/h8-11,15-16,20H,4-7,12-13H2,1-3H3. The van der Waals surface area contributed by atoms with Crippen LogP contribution in [0.25, 0.3) is 0 Å². The highest BCUT2D eigenvalue weighted by Crippen LogP contribution is 2.32. The van der Waals surface area contributed by atoms with E-state index < -0.39 is 0 Å². The third kappa shape index (κ3) is 5.10. The first-order valence-corrected chi connectivity index (χ1v) is 8.31. The number of halogens is 1. The summed E-state index contributed by atoms with van der Waals surface area (Å²) in [4.78, 5) is 0.